The second kappa shape index (κ2) is 9.34. The number of hydrogen-bond acceptors (Lipinski definition) is 3. The van der Waals surface area contributed by atoms with Crippen molar-refractivity contribution < 1.29 is 13.2 Å². The van der Waals surface area contributed by atoms with Crippen molar-refractivity contribution in [3.63, 3.8) is 0 Å². The Balaban J connectivity index is 1.57. The lowest BCUT2D eigenvalue weighted by atomic mass is 10.1. The highest BCUT2D eigenvalue weighted by Gasteiger charge is 2.25. The number of amides is 1. The van der Waals surface area contributed by atoms with Gasteiger partial charge in [0.2, 0.25) is 15.9 Å². The quantitative estimate of drug-likeness (QED) is 0.764. The topological polar surface area (TPSA) is 66.5 Å². The minimum absolute atomic E-state index is 0.0362. The summed E-state index contributed by atoms with van der Waals surface area (Å²) in [7, 11) is -3.40. The van der Waals surface area contributed by atoms with Gasteiger partial charge in [0.15, 0.2) is 0 Å². The Hall–Kier alpha value is -2.18. The third-order valence-corrected chi connectivity index (χ3v) is 7.10. The van der Waals surface area contributed by atoms with Crippen LogP contribution in [0.3, 0.4) is 0 Å². The zero-order chi connectivity index (χ0) is 20.0. The van der Waals surface area contributed by atoms with Gasteiger partial charge < -0.3 is 5.32 Å². The third kappa shape index (κ3) is 5.00. The van der Waals surface area contributed by atoms with Gasteiger partial charge in [-0.1, -0.05) is 43.7 Å². The van der Waals surface area contributed by atoms with E-state index in [4.69, 9.17) is 0 Å². The van der Waals surface area contributed by atoms with Gasteiger partial charge in [-0.3, -0.25) is 4.79 Å². The minimum Gasteiger partial charge on any atom is -0.326 e. The van der Waals surface area contributed by atoms with Gasteiger partial charge in [0.05, 0.1) is 4.90 Å². The summed E-state index contributed by atoms with van der Waals surface area (Å²) in [5, 5.41) is 2.97. The van der Waals surface area contributed by atoms with Gasteiger partial charge in [-0.15, -0.1) is 0 Å². The molecule has 0 radical (unpaired) electrons. The Morgan fingerprint density at radius 2 is 1.68 bits per heavy atom. The molecule has 1 aliphatic rings. The molecule has 1 N–H and O–H groups in total. The summed E-state index contributed by atoms with van der Waals surface area (Å²) in [4.78, 5) is 12.6. The number of anilines is 1. The molecule has 1 heterocycles. The van der Waals surface area contributed by atoms with Crippen molar-refractivity contribution in [3.05, 3.63) is 59.7 Å². The maximum absolute atomic E-state index is 12.7. The highest BCUT2D eigenvalue weighted by molar-refractivity contribution is 7.89. The average Bonchev–Trinajstić information content (AvgIpc) is 2.73. The summed E-state index contributed by atoms with van der Waals surface area (Å²) < 4.78 is 27.0. The van der Waals surface area contributed by atoms with Crippen LogP contribution in [0.2, 0.25) is 0 Å². The first kappa shape index (κ1) is 20.6. The van der Waals surface area contributed by atoms with Gasteiger partial charge in [0.25, 0.3) is 0 Å². The monoisotopic (exact) mass is 400 g/mol. The van der Waals surface area contributed by atoms with Crippen molar-refractivity contribution in [1.29, 1.82) is 0 Å². The number of piperidine rings is 1. The van der Waals surface area contributed by atoms with Crippen molar-refractivity contribution in [2.24, 2.45) is 0 Å². The van der Waals surface area contributed by atoms with Gasteiger partial charge in [-0.05, 0) is 55.0 Å². The molecule has 3 rings (SSSR count). The number of hydrogen-bond donors (Lipinski definition) is 1. The van der Waals surface area contributed by atoms with Crippen molar-refractivity contribution in [2.75, 3.05) is 18.4 Å². The number of rotatable bonds is 7. The highest BCUT2D eigenvalue weighted by Crippen LogP contribution is 2.21. The van der Waals surface area contributed by atoms with Gasteiger partial charge in [0, 0.05) is 25.2 Å². The molecule has 150 valence electrons. The molecular formula is C22H28N2O3S. The predicted molar refractivity (Wildman–Crippen MR) is 112 cm³/mol. The maximum atomic E-state index is 12.7. The average molecular weight is 401 g/mol. The highest BCUT2D eigenvalue weighted by atomic mass is 32.2. The number of carbonyl (C=O) groups excluding carboxylic acids is 1. The Morgan fingerprint density at radius 3 is 2.36 bits per heavy atom. The van der Waals surface area contributed by atoms with E-state index in [1.807, 2.05) is 36.4 Å². The van der Waals surface area contributed by atoms with E-state index in [9.17, 15) is 13.2 Å². The van der Waals surface area contributed by atoms with Crippen LogP contribution >= 0.6 is 0 Å². The number of nitrogens with one attached hydrogen (secondary N) is 1. The molecule has 5 nitrogen and oxygen atoms in total. The summed E-state index contributed by atoms with van der Waals surface area (Å²) in [6, 6.07) is 14.7. The molecule has 0 aromatic heterocycles. The number of nitrogens with zero attached hydrogens (tertiary/aromatic N) is 1. The lowest BCUT2D eigenvalue weighted by Crippen LogP contribution is -2.35. The van der Waals surface area contributed by atoms with E-state index in [2.05, 4.69) is 12.2 Å². The zero-order valence-corrected chi connectivity index (χ0v) is 17.2. The fraction of sp³-hybridized carbons (Fsp3) is 0.409. The van der Waals surface area contributed by atoms with E-state index in [1.165, 1.54) is 0 Å². The van der Waals surface area contributed by atoms with E-state index in [0.717, 1.165) is 42.5 Å². The first-order chi connectivity index (χ1) is 13.5. The van der Waals surface area contributed by atoms with Crippen molar-refractivity contribution in [3.8, 4) is 0 Å². The lowest BCUT2D eigenvalue weighted by molar-refractivity contribution is -0.116. The maximum Gasteiger partial charge on any atom is 0.243 e. The van der Waals surface area contributed by atoms with Crippen LogP contribution < -0.4 is 5.32 Å². The van der Waals surface area contributed by atoms with Crippen LogP contribution in [-0.2, 0) is 27.7 Å². The SMILES string of the molecule is CCc1ccccc1NC(=O)CCc1ccc(S(=O)(=O)N2CCCCC2)cc1. The smallest absolute Gasteiger partial charge is 0.243 e. The summed E-state index contributed by atoms with van der Waals surface area (Å²) in [6.45, 7) is 3.26. The third-order valence-electron chi connectivity index (χ3n) is 5.19. The van der Waals surface area contributed by atoms with Crippen molar-refractivity contribution >= 4 is 21.6 Å². The van der Waals surface area contributed by atoms with E-state index >= 15 is 0 Å². The molecule has 28 heavy (non-hydrogen) atoms. The van der Waals surface area contributed by atoms with Crippen LogP contribution in [0.15, 0.2) is 53.4 Å². The normalized spacial score (nSPS) is 15.3. The number of carbonyl (C=O) groups is 1. The van der Waals surface area contributed by atoms with Crippen LogP contribution in [0, 0.1) is 0 Å². The molecule has 2 aromatic rings. The van der Waals surface area contributed by atoms with E-state index in [0.29, 0.717) is 30.8 Å². The van der Waals surface area contributed by atoms with Gasteiger partial charge in [0.1, 0.15) is 0 Å². The summed E-state index contributed by atoms with van der Waals surface area (Å²) in [5.41, 5.74) is 2.93. The van der Waals surface area contributed by atoms with Gasteiger partial charge in [-0.2, -0.15) is 4.31 Å². The molecule has 0 saturated carbocycles. The van der Waals surface area contributed by atoms with Gasteiger partial charge >= 0.3 is 0 Å². The fourth-order valence-corrected chi connectivity index (χ4v) is 5.02. The van der Waals surface area contributed by atoms with Crippen LogP contribution in [0.25, 0.3) is 0 Å². The van der Waals surface area contributed by atoms with Crippen LogP contribution in [0.5, 0.6) is 0 Å². The molecule has 1 aliphatic heterocycles. The van der Waals surface area contributed by atoms with Crippen LogP contribution in [-0.4, -0.2) is 31.7 Å². The van der Waals surface area contributed by atoms with Crippen LogP contribution in [0.4, 0.5) is 5.69 Å². The first-order valence-electron chi connectivity index (χ1n) is 9.97. The summed E-state index contributed by atoms with van der Waals surface area (Å²) in [5.74, 6) is -0.0362. The minimum atomic E-state index is -3.40. The molecule has 0 spiro atoms. The molecule has 0 aliphatic carbocycles. The summed E-state index contributed by atoms with van der Waals surface area (Å²) in [6.07, 6.45) is 4.74. The number of benzene rings is 2. The molecule has 0 atom stereocenters. The molecule has 1 fully saturated rings. The first-order valence-corrected chi connectivity index (χ1v) is 11.4. The molecule has 1 saturated heterocycles. The Labute approximate surface area is 167 Å². The van der Waals surface area contributed by atoms with Gasteiger partial charge in [-0.25, -0.2) is 8.42 Å². The Kier molecular flexibility index (Phi) is 6.86. The Morgan fingerprint density at radius 1 is 1.00 bits per heavy atom. The molecular weight excluding hydrogens is 372 g/mol. The molecule has 0 unspecified atom stereocenters. The zero-order valence-electron chi connectivity index (χ0n) is 16.4. The predicted octanol–water partition coefficient (Wildman–Crippen LogP) is 3.99. The standard InChI is InChI=1S/C22H28N2O3S/c1-2-19-8-4-5-9-21(19)23-22(25)15-12-18-10-13-20(14-11-18)28(26,27)24-16-6-3-7-17-24/h4-5,8-11,13-14H,2-3,6-7,12,15-17H2,1H3,(H,23,25). The number of aryl methyl sites for hydroxylation is 2. The van der Waals surface area contributed by atoms with E-state index in [1.54, 1.807) is 16.4 Å². The molecule has 2 aromatic carbocycles. The summed E-state index contributed by atoms with van der Waals surface area (Å²) >= 11 is 0. The fourth-order valence-electron chi connectivity index (χ4n) is 3.50. The lowest BCUT2D eigenvalue weighted by Gasteiger charge is -2.25. The Bertz CT molecular complexity index is 902. The van der Waals surface area contributed by atoms with Crippen molar-refractivity contribution in [1.82, 2.24) is 4.31 Å². The number of para-hydroxylation sites is 1. The van der Waals surface area contributed by atoms with Crippen LogP contribution in [0.1, 0.15) is 43.7 Å². The van der Waals surface area contributed by atoms with Crippen molar-refractivity contribution in [2.45, 2.75) is 50.3 Å². The number of sulfonamides is 1. The second-order valence-electron chi connectivity index (χ2n) is 7.17. The van der Waals surface area contributed by atoms with E-state index < -0.39 is 10.0 Å². The molecule has 6 heteroatoms. The second-order valence-corrected chi connectivity index (χ2v) is 9.11. The van der Waals surface area contributed by atoms with E-state index in [-0.39, 0.29) is 5.91 Å². The largest absolute Gasteiger partial charge is 0.326 e. The molecule has 1 amide bonds. The molecule has 0 bridgehead atoms.